The quantitative estimate of drug-likeness (QED) is 0.766. The van der Waals surface area contributed by atoms with E-state index in [1.807, 2.05) is 11.9 Å². The molecule has 0 aliphatic heterocycles. The molecule has 0 saturated heterocycles. The van der Waals surface area contributed by atoms with E-state index in [1.165, 1.54) is 0 Å². The van der Waals surface area contributed by atoms with Gasteiger partial charge in [0.2, 0.25) is 5.91 Å². The Morgan fingerprint density at radius 1 is 1.53 bits per heavy atom. The third kappa shape index (κ3) is 4.57. The van der Waals surface area contributed by atoms with Gasteiger partial charge in [0.25, 0.3) is 0 Å². The minimum Gasteiger partial charge on any atom is -0.389 e. The number of rotatable bonds is 6. The van der Waals surface area contributed by atoms with E-state index in [0.29, 0.717) is 25.1 Å². The zero-order valence-electron chi connectivity index (χ0n) is 11.1. The van der Waals surface area contributed by atoms with Crippen molar-refractivity contribution in [3.8, 4) is 0 Å². The van der Waals surface area contributed by atoms with E-state index in [-0.39, 0.29) is 22.3 Å². The second-order valence-corrected chi connectivity index (χ2v) is 4.74. The van der Waals surface area contributed by atoms with E-state index >= 15 is 0 Å². The van der Waals surface area contributed by atoms with Crippen LogP contribution in [0.25, 0.3) is 0 Å². The first-order valence-corrected chi connectivity index (χ1v) is 6.32. The van der Waals surface area contributed by atoms with Gasteiger partial charge in [0, 0.05) is 37.7 Å². The number of nitrogens with zero attached hydrogens (tertiary/aromatic N) is 1. The van der Waals surface area contributed by atoms with Gasteiger partial charge in [-0.3, -0.25) is 4.79 Å². The van der Waals surface area contributed by atoms with Gasteiger partial charge in [-0.1, -0.05) is 24.4 Å². The molecule has 4 nitrogen and oxygen atoms in total. The van der Waals surface area contributed by atoms with Gasteiger partial charge in [0.15, 0.2) is 0 Å². The Morgan fingerprint density at radius 3 is 2.79 bits per heavy atom. The van der Waals surface area contributed by atoms with Crippen LogP contribution in [-0.4, -0.2) is 36.4 Å². The molecular weight excluding hydrogens is 265 g/mol. The third-order valence-corrected chi connectivity index (χ3v) is 3.00. The summed E-state index contributed by atoms with van der Waals surface area (Å²) in [6.07, 6.45) is 0.379. The first kappa shape index (κ1) is 15.5. The van der Waals surface area contributed by atoms with Gasteiger partial charge in [0.1, 0.15) is 10.8 Å². The maximum absolute atomic E-state index is 14.1. The van der Waals surface area contributed by atoms with E-state index < -0.39 is 0 Å². The van der Waals surface area contributed by atoms with Crippen LogP contribution in [0.5, 0.6) is 0 Å². The summed E-state index contributed by atoms with van der Waals surface area (Å²) in [5, 5.41) is 2.55. The van der Waals surface area contributed by atoms with Crippen molar-refractivity contribution in [3.63, 3.8) is 0 Å². The van der Waals surface area contributed by atoms with Crippen LogP contribution >= 0.6 is 12.2 Å². The Labute approximate surface area is 117 Å². The maximum Gasteiger partial charge on any atom is 0.221 e. The number of nitrogens with two attached hydrogens (primary N) is 1. The highest BCUT2D eigenvalue weighted by Crippen LogP contribution is 2.14. The van der Waals surface area contributed by atoms with Crippen molar-refractivity contribution in [2.75, 3.05) is 20.6 Å². The Balaban J connectivity index is 2.69. The molecule has 0 atom stereocenters. The predicted molar refractivity (Wildman–Crippen MR) is 77.3 cm³/mol. The minimum absolute atomic E-state index is 0.0378. The first-order valence-electron chi connectivity index (χ1n) is 5.92. The Hall–Kier alpha value is -1.53. The number of amides is 1. The molecule has 0 bridgehead atoms. The molecule has 0 spiro atoms. The van der Waals surface area contributed by atoms with Crippen LogP contribution in [0.2, 0.25) is 0 Å². The number of nitrogens with one attached hydrogen (secondary N) is 1. The first-order chi connectivity index (χ1) is 8.95. The molecule has 0 aliphatic carbocycles. The van der Waals surface area contributed by atoms with Gasteiger partial charge >= 0.3 is 0 Å². The van der Waals surface area contributed by atoms with Crippen LogP contribution in [0.3, 0.4) is 0 Å². The fraction of sp³-hybridized carbons (Fsp3) is 0.385. The summed E-state index contributed by atoms with van der Waals surface area (Å²) in [5.41, 5.74) is 6.23. The van der Waals surface area contributed by atoms with Crippen molar-refractivity contribution in [2.24, 2.45) is 5.73 Å². The van der Waals surface area contributed by atoms with Crippen molar-refractivity contribution >= 4 is 23.1 Å². The SMILES string of the molecule is CNC(=O)CCN(C)Cc1cccc(C(N)=S)c1F. The highest BCUT2D eigenvalue weighted by atomic mass is 32.1. The number of hydrogen-bond acceptors (Lipinski definition) is 3. The van der Waals surface area contributed by atoms with E-state index in [4.69, 9.17) is 18.0 Å². The van der Waals surface area contributed by atoms with E-state index in [9.17, 15) is 9.18 Å². The number of carbonyl (C=O) groups is 1. The zero-order chi connectivity index (χ0) is 14.4. The molecule has 6 heteroatoms. The second kappa shape index (κ2) is 7.16. The Kier molecular flexibility index (Phi) is 5.85. The highest BCUT2D eigenvalue weighted by Gasteiger charge is 2.12. The summed E-state index contributed by atoms with van der Waals surface area (Å²) in [6.45, 7) is 0.954. The predicted octanol–water partition coefficient (Wildman–Crippen LogP) is 1.03. The topological polar surface area (TPSA) is 58.4 Å². The average Bonchev–Trinajstić information content (AvgIpc) is 2.38. The lowest BCUT2D eigenvalue weighted by Gasteiger charge is -2.17. The molecule has 1 aromatic rings. The monoisotopic (exact) mass is 283 g/mol. The second-order valence-electron chi connectivity index (χ2n) is 4.30. The van der Waals surface area contributed by atoms with Crippen molar-refractivity contribution in [3.05, 3.63) is 35.1 Å². The lowest BCUT2D eigenvalue weighted by molar-refractivity contribution is -0.120. The molecule has 0 radical (unpaired) electrons. The van der Waals surface area contributed by atoms with E-state index in [0.717, 1.165) is 0 Å². The average molecular weight is 283 g/mol. The van der Waals surface area contributed by atoms with Crippen molar-refractivity contribution in [2.45, 2.75) is 13.0 Å². The van der Waals surface area contributed by atoms with Crippen LogP contribution in [-0.2, 0) is 11.3 Å². The molecule has 1 rings (SSSR count). The van der Waals surface area contributed by atoms with Gasteiger partial charge < -0.3 is 16.0 Å². The molecule has 0 aromatic heterocycles. The van der Waals surface area contributed by atoms with Gasteiger partial charge in [-0.05, 0) is 13.1 Å². The molecule has 0 heterocycles. The molecule has 0 aliphatic rings. The van der Waals surface area contributed by atoms with Gasteiger partial charge in [-0.25, -0.2) is 4.39 Å². The Morgan fingerprint density at radius 2 is 2.21 bits per heavy atom. The summed E-state index contributed by atoms with van der Waals surface area (Å²) in [5.74, 6) is -0.425. The van der Waals surface area contributed by atoms with E-state index in [1.54, 1.807) is 25.2 Å². The standard InChI is InChI=1S/C13H18FN3OS/c1-16-11(18)6-7-17(2)8-9-4-3-5-10(12(9)14)13(15)19/h3-5H,6-8H2,1-2H3,(H2,15,19)(H,16,18). The van der Waals surface area contributed by atoms with Crippen molar-refractivity contribution in [1.82, 2.24) is 10.2 Å². The molecular formula is C13H18FN3OS. The summed E-state index contributed by atoms with van der Waals surface area (Å²) in [4.78, 5) is 13.1. The van der Waals surface area contributed by atoms with Crippen molar-refractivity contribution < 1.29 is 9.18 Å². The number of thiocarbonyl (C=S) groups is 1. The molecule has 104 valence electrons. The van der Waals surface area contributed by atoms with Gasteiger partial charge in [-0.2, -0.15) is 0 Å². The largest absolute Gasteiger partial charge is 0.389 e. The number of hydrogen-bond donors (Lipinski definition) is 2. The third-order valence-electron chi connectivity index (χ3n) is 2.78. The Bertz CT molecular complexity index is 479. The summed E-state index contributed by atoms with van der Waals surface area (Å²) < 4.78 is 14.1. The molecule has 0 fully saturated rings. The number of carbonyl (C=O) groups excluding carboxylic acids is 1. The van der Waals surface area contributed by atoms with E-state index in [2.05, 4.69) is 5.32 Å². The van der Waals surface area contributed by atoms with Crippen LogP contribution in [0.1, 0.15) is 17.5 Å². The van der Waals surface area contributed by atoms with Crippen LogP contribution in [0.4, 0.5) is 4.39 Å². The lowest BCUT2D eigenvalue weighted by Crippen LogP contribution is -2.26. The number of halogens is 1. The smallest absolute Gasteiger partial charge is 0.221 e. The normalized spacial score (nSPS) is 10.5. The summed E-state index contributed by atoms with van der Waals surface area (Å²) >= 11 is 4.80. The van der Waals surface area contributed by atoms with Crippen LogP contribution < -0.4 is 11.1 Å². The molecule has 1 aromatic carbocycles. The molecule has 0 unspecified atom stereocenters. The summed E-state index contributed by atoms with van der Waals surface area (Å²) in [6, 6.07) is 4.97. The molecule has 3 N–H and O–H groups in total. The number of benzene rings is 1. The van der Waals surface area contributed by atoms with Gasteiger partial charge in [0.05, 0.1) is 0 Å². The van der Waals surface area contributed by atoms with Crippen molar-refractivity contribution in [1.29, 1.82) is 0 Å². The molecule has 1 amide bonds. The molecule has 19 heavy (non-hydrogen) atoms. The minimum atomic E-state index is -0.387. The molecule has 0 saturated carbocycles. The fourth-order valence-corrected chi connectivity index (χ4v) is 1.84. The van der Waals surface area contributed by atoms with Gasteiger partial charge in [-0.15, -0.1) is 0 Å². The lowest BCUT2D eigenvalue weighted by atomic mass is 10.1. The zero-order valence-corrected chi connectivity index (χ0v) is 11.9. The van der Waals surface area contributed by atoms with Crippen LogP contribution in [0.15, 0.2) is 18.2 Å². The highest BCUT2D eigenvalue weighted by molar-refractivity contribution is 7.80. The fourth-order valence-electron chi connectivity index (χ4n) is 1.68. The summed E-state index contributed by atoms with van der Waals surface area (Å²) in [7, 11) is 3.42. The van der Waals surface area contributed by atoms with Crippen LogP contribution in [0, 0.1) is 5.82 Å². The maximum atomic E-state index is 14.1.